The maximum absolute atomic E-state index is 10.8. The van der Waals surface area contributed by atoms with Crippen LogP contribution in [0.5, 0.6) is 5.75 Å². The van der Waals surface area contributed by atoms with Gasteiger partial charge >= 0.3 is 0 Å². The van der Waals surface area contributed by atoms with Crippen LogP contribution in [0.4, 0.5) is 5.69 Å². The van der Waals surface area contributed by atoms with Gasteiger partial charge in [0.15, 0.2) is 5.11 Å². The third-order valence-corrected chi connectivity index (χ3v) is 4.64. The molecule has 8 heteroatoms. The predicted octanol–water partition coefficient (Wildman–Crippen LogP) is 5.02. The van der Waals surface area contributed by atoms with Crippen molar-refractivity contribution in [1.82, 2.24) is 10.7 Å². The summed E-state index contributed by atoms with van der Waals surface area (Å²) in [5.74, 6) is -0.0830. The average Bonchev–Trinajstić information content (AvgIpc) is 2.67. The number of benzene rings is 1. The molecule has 1 rings (SSSR count). The molecule has 3 N–H and O–H groups in total. The first kappa shape index (κ1) is 23.8. The molecule has 0 unspecified atom stereocenters. The molecular formula is C20H32N4O3S. The zero-order chi connectivity index (χ0) is 20.6. The number of phenolic OH excluding ortho intramolecular Hbond substituents is 1. The Balaban J connectivity index is 2.10. The molecule has 1 aromatic rings. The standard InChI is InChI=1S/C20H32N4O3S/c1-2-3-4-5-6-7-8-9-10-11-14-21-20(28)23-22-16-17-15-18(24(26)27)12-13-19(17)25/h12-13,15-16,25H,2-11,14H2,1H3,(H2,21,23,28)/b22-16+. The van der Waals surface area contributed by atoms with Crippen LogP contribution in [0.1, 0.15) is 76.7 Å². The first-order valence-corrected chi connectivity index (χ1v) is 10.5. The molecule has 0 radical (unpaired) electrons. The summed E-state index contributed by atoms with van der Waals surface area (Å²) in [6, 6.07) is 3.75. The summed E-state index contributed by atoms with van der Waals surface area (Å²) in [4.78, 5) is 10.2. The monoisotopic (exact) mass is 408 g/mol. The molecule has 156 valence electrons. The maximum Gasteiger partial charge on any atom is 0.270 e. The van der Waals surface area contributed by atoms with Crippen molar-refractivity contribution < 1.29 is 10.0 Å². The van der Waals surface area contributed by atoms with Crippen molar-refractivity contribution in [2.45, 2.75) is 71.1 Å². The van der Waals surface area contributed by atoms with Crippen LogP contribution in [-0.4, -0.2) is 27.9 Å². The second kappa shape index (κ2) is 14.8. The van der Waals surface area contributed by atoms with Crippen LogP contribution < -0.4 is 10.7 Å². The number of nitro groups is 1. The number of unbranched alkanes of at least 4 members (excludes halogenated alkanes) is 9. The number of hydrazone groups is 1. The molecule has 0 aliphatic rings. The molecule has 0 bridgehead atoms. The topological polar surface area (TPSA) is 99.8 Å². The van der Waals surface area contributed by atoms with Crippen molar-refractivity contribution in [3.8, 4) is 5.75 Å². The summed E-state index contributed by atoms with van der Waals surface area (Å²) in [6.45, 7) is 3.02. The van der Waals surface area contributed by atoms with Crippen LogP contribution >= 0.6 is 12.2 Å². The number of aromatic hydroxyl groups is 1. The van der Waals surface area contributed by atoms with Gasteiger partial charge in [-0.25, -0.2) is 0 Å². The lowest BCUT2D eigenvalue weighted by atomic mass is 10.1. The highest BCUT2D eigenvalue weighted by atomic mass is 32.1. The fourth-order valence-electron chi connectivity index (χ4n) is 2.77. The molecule has 0 amide bonds. The van der Waals surface area contributed by atoms with Crippen LogP contribution in [0.2, 0.25) is 0 Å². The number of nitrogens with zero attached hydrogens (tertiary/aromatic N) is 2. The molecule has 0 aliphatic heterocycles. The highest BCUT2D eigenvalue weighted by Crippen LogP contribution is 2.21. The smallest absolute Gasteiger partial charge is 0.270 e. The van der Waals surface area contributed by atoms with Crippen molar-refractivity contribution in [3.63, 3.8) is 0 Å². The van der Waals surface area contributed by atoms with Gasteiger partial charge in [-0.1, -0.05) is 64.7 Å². The van der Waals surface area contributed by atoms with Gasteiger partial charge in [-0.15, -0.1) is 0 Å². The van der Waals surface area contributed by atoms with Crippen LogP contribution in [0.25, 0.3) is 0 Å². The fourth-order valence-corrected chi connectivity index (χ4v) is 2.93. The molecule has 0 aliphatic carbocycles. The molecule has 7 nitrogen and oxygen atoms in total. The highest BCUT2D eigenvalue weighted by molar-refractivity contribution is 7.80. The molecular weight excluding hydrogens is 376 g/mol. The number of non-ortho nitro benzene ring substituents is 1. The molecule has 0 fully saturated rings. The Morgan fingerprint density at radius 3 is 2.36 bits per heavy atom. The van der Waals surface area contributed by atoms with Crippen LogP contribution in [0.3, 0.4) is 0 Å². The number of thiocarbonyl (C=S) groups is 1. The Bertz CT molecular complexity index is 638. The highest BCUT2D eigenvalue weighted by Gasteiger charge is 2.08. The summed E-state index contributed by atoms with van der Waals surface area (Å²) < 4.78 is 0. The van der Waals surface area contributed by atoms with Crippen molar-refractivity contribution >= 4 is 29.2 Å². The molecule has 0 spiro atoms. The van der Waals surface area contributed by atoms with E-state index in [-0.39, 0.29) is 17.0 Å². The van der Waals surface area contributed by atoms with E-state index in [9.17, 15) is 15.2 Å². The van der Waals surface area contributed by atoms with E-state index in [4.69, 9.17) is 12.2 Å². The van der Waals surface area contributed by atoms with Crippen molar-refractivity contribution in [3.05, 3.63) is 33.9 Å². The third kappa shape index (κ3) is 10.8. The van der Waals surface area contributed by atoms with Gasteiger partial charge in [-0.05, 0) is 24.7 Å². The minimum Gasteiger partial charge on any atom is -0.507 e. The quantitative estimate of drug-likeness (QED) is 0.131. The zero-order valence-electron chi connectivity index (χ0n) is 16.7. The van der Waals surface area contributed by atoms with E-state index in [0.717, 1.165) is 13.0 Å². The second-order valence-corrected chi connectivity index (χ2v) is 7.22. The number of hydrogen-bond donors (Lipinski definition) is 3. The minimum absolute atomic E-state index is 0.0830. The molecule has 0 atom stereocenters. The molecule has 0 heterocycles. The van der Waals surface area contributed by atoms with Crippen LogP contribution in [0, 0.1) is 10.1 Å². The van der Waals surface area contributed by atoms with Gasteiger partial charge in [0.05, 0.1) is 11.1 Å². The van der Waals surface area contributed by atoms with Gasteiger partial charge in [0.1, 0.15) is 5.75 Å². The normalized spacial score (nSPS) is 10.9. The van der Waals surface area contributed by atoms with E-state index < -0.39 is 4.92 Å². The lowest BCUT2D eigenvalue weighted by molar-refractivity contribution is -0.384. The largest absolute Gasteiger partial charge is 0.507 e. The van der Waals surface area contributed by atoms with Gasteiger partial charge in [0.25, 0.3) is 5.69 Å². The Morgan fingerprint density at radius 1 is 1.14 bits per heavy atom. The second-order valence-electron chi connectivity index (χ2n) is 6.81. The van der Waals surface area contributed by atoms with Crippen molar-refractivity contribution in [2.75, 3.05) is 6.54 Å². The summed E-state index contributed by atoms with van der Waals surface area (Å²) in [7, 11) is 0. The molecule has 0 aromatic heterocycles. The summed E-state index contributed by atoms with van der Waals surface area (Å²) in [5.41, 5.74) is 2.79. The first-order valence-electron chi connectivity index (χ1n) is 10.1. The summed E-state index contributed by atoms with van der Waals surface area (Å²) >= 11 is 5.13. The van der Waals surface area contributed by atoms with Gasteiger partial charge in [0, 0.05) is 24.2 Å². The lowest BCUT2D eigenvalue weighted by Gasteiger charge is -2.07. The van der Waals surface area contributed by atoms with Crippen LogP contribution in [-0.2, 0) is 0 Å². The number of nitrogens with one attached hydrogen (secondary N) is 2. The van der Waals surface area contributed by atoms with E-state index in [1.807, 2.05) is 0 Å². The van der Waals surface area contributed by atoms with Crippen molar-refractivity contribution in [1.29, 1.82) is 0 Å². The zero-order valence-corrected chi connectivity index (χ0v) is 17.5. The number of hydrogen-bond acceptors (Lipinski definition) is 5. The van der Waals surface area contributed by atoms with E-state index >= 15 is 0 Å². The van der Waals surface area contributed by atoms with Gasteiger partial charge in [-0.3, -0.25) is 15.5 Å². The van der Waals surface area contributed by atoms with Crippen molar-refractivity contribution in [2.24, 2.45) is 5.10 Å². The third-order valence-electron chi connectivity index (χ3n) is 4.41. The fraction of sp³-hybridized carbons (Fsp3) is 0.600. The summed E-state index contributed by atoms with van der Waals surface area (Å²) in [6.07, 6.45) is 14.1. The number of rotatable bonds is 14. The maximum atomic E-state index is 10.8. The van der Waals surface area contributed by atoms with E-state index in [0.29, 0.717) is 5.11 Å². The van der Waals surface area contributed by atoms with E-state index in [1.54, 1.807) is 0 Å². The van der Waals surface area contributed by atoms with Gasteiger partial charge in [0.2, 0.25) is 0 Å². The minimum atomic E-state index is -0.525. The molecule has 1 aromatic carbocycles. The Hall–Kier alpha value is -2.22. The van der Waals surface area contributed by atoms with Crippen LogP contribution in [0.15, 0.2) is 23.3 Å². The summed E-state index contributed by atoms with van der Waals surface area (Å²) in [5, 5.41) is 27.8. The lowest BCUT2D eigenvalue weighted by Crippen LogP contribution is -2.32. The van der Waals surface area contributed by atoms with E-state index in [2.05, 4.69) is 22.8 Å². The SMILES string of the molecule is CCCCCCCCCCCCNC(=S)N/N=C/c1cc([N+](=O)[O-])ccc1O. The number of phenols is 1. The molecule has 28 heavy (non-hydrogen) atoms. The Labute approximate surface area is 172 Å². The molecule has 0 saturated heterocycles. The average molecular weight is 409 g/mol. The van der Waals surface area contributed by atoms with Gasteiger partial charge < -0.3 is 10.4 Å². The number of nitro benzene ring substituents is 1. The van der Waals surface area contributed by atoms with E-state index in [1.165, 1.54) is 82.2 Å². The first-order chi connectivity index (χ1) is 13.5. The van der Waals surface area contributed by atoms with Gasteiger partial charge in [-0.2, -0.15) is 5.10 Å². The Morgan fingerprint density at radius 2 is 1.75 bits per heavy atom. The predicted molar refractivity (Wildman–Crippen MR) is 118 cm³/mol. The Kier molecular flexibility index (Phi) is 12.6. The molecule has 0 saturated carbocycles.